The molecule has 1 aromatic carbocycles. The van der Waals surface area contributed by atoms with E-state index in [2.05, 4.69) is 15.5 Å². The van der Waals surface area contributed by atoms with Crippen molar-refractivity contribution < 1.29 is 19.2 Å². The van der Waals surface area contributed by atoms with E-state index < -0.39 is 6.04 Å². The van der Waals surface area contributed by atoms with Crippen LogP contribution in [0, 0.1) is 17.8 Å². The molecule has 1 aromatic rings. The smallest absolute Gasteiger partial charge is 0.243 e. The molecule has 8 heteroatoms. The number of fused-ring (bicyclic) bond motifs is 1. The molecule has 4 amide bonds. The van der Waals surface area contributed by atoms with Crippen molar-refractivity contribution in [2.45, 2.75) is 58.0 Å². The molecule has 0 saturated carbocycles. The number of hydrogen-bond donors (Lipinski definition) is 2. The lowest BCUT2D eigenvalue weighted by Crippen LogP contribution is -2.54. The fourth-order valence-corrected chi connectivity index (χ4v) is 5.37. The summed E-state index contributed by atoms with van der Waals surface area (Å²) in [6, 6.07) is 8.57. The van der Waals surface area contributed by atoms with Crippen LogP contribution in [0.2, 0.25) is 0 Å². The van der Waals surface area contributed by atoms with Crippen LogP contribution in [-0.4, -0.2) is 65.1 Å². The first-order valence-corrected chi connectivity index (χ1v) is 12.7. The fourth-order valence-electron chi connectivity index (χ4n) is 5.37. The van der Waals surface area contributed by atoms with Gasteiger partial charge in [-0.3, -0.25) is 29.0 Å². The molecule has 0 radical (unpaired) electrons. The average molecular weight is 481 g/mol. The molecule has 2 N–H and O–H groups in total. The highest BCUT2D eigenvalue weighted by Crippen LogP contribution is 2.37. The molecule has 35 heavy (non-hydrogen) atoms. The molecular weight excluding hydrogens is 444 g/mol. The first-order valence-electron chi connectivity index (χ1n) is 12.7. The maximum absolute atomic E-state index is 13.3. The predicted molar refractivity (Wildman–Crippen MR) is 133 cm³/mol. The van der Waals surface area contributed by atoms with Crippen molar-refractivity contribution in [1.29, 1.82) is 0 Å². The third-order valence-electron chi connectivity index (χ3n) is 7.21. The summed E-state index contributed by atoms with van der Waals surface area (Å²) in [4.78, 5) is 55.2. The zero-order chi connectivity index (χ0) is 24.9. The number of benzene rings is 1. The van der Waals surface area contributed by atoms with E-state index >= 15 is 0 Å². The molecule has 0 unspecified atom stereocenters. The van der Waals surface area contributed by atoms with E-state index in [0.29, 0.717) is 38.9 Å². The standard InChI is InChI=1S/C27H36N4O4/c1-18(2)16-23(31-26(34)21-10-6-7-11-22(21)27(31)35)25(33)29-20-12-14-30(15-13-20)17-24(32)28-19-8-4-3-5-9-19/h3-9,18,20-23H,10-17H2,1-2H3,(H,28,32)(H,29,33)/t21-,22-,23+/m0/s1. The van der Waals surface area contributed by atoms with Gasteiger partial charge < -0.3 is 10.6 Å². The monoisotopic (exact) mass is 480 g/mol. The Kier molecular flexibility index (Phi) is 8.00. The number of allylic oxidation sites excluding steroid dienone is 2. The van der Waals surface area contributed by atoms with E-state index in [4.69, 9.17) is 0 Å². The van der Waals surface area contributed by atoms with E-state index in [1.54, 1.807) is 0 Å². The van der Waals surface area contributed by atoms with Crippen LogP contribution in [0.4, 0.5) is 5.69 Å². The number of nitrogens with zero attached hydrogens (tertiary/aromatic N) is 2. The van der Waals surface area contributed by atoms with Crippen molar-refractivity contribution >= 4 is 29.3 Å². The van der Waals surface area contributed by atoms with Gasteiger partial charge in [-0.25, -0.2) is 0 Å². The molecule has 0 aromatic heterocycles. The highest BCUT2D eigenvalue weighted by atomic mass is 16.2. The minimum absolute atomic E-state index is 0.0395. The number of piperidine rings is 1. The second kappa shape index (κ2) is 11.2. The molecule has 4 rings (SSSR count). The van der Waals surface area contributed by atoms with Gasteiger partial charge >= 0.3 is 0 Å². The summed E-state index contributed by atoms with van der Waals surface area (Å²) >= 11 is 0. The van der Waals surface area contributed by atoms with E-state index in [1.807, 2.05) is 56.3 Å². The number of hydrogen-bond acceptors (Lipinski definition) is 5. The summed E-state index contributed by atoms with van der Waals surface area (Å²) in [6.45, 7) is 5.69. The zero-order valence-electron chi connectivity index (χ0n) is 20.6. The van der Waals surface area contributed by atoms with Crippen LogP contribution in [-0.2, 0) is 19.2 Å². The lowest BCUT2D eigenvalue weighted by Gasteiger charge is -2.34. The molecule has 2 fully saturated rings. The third-order valence-corrected chi connectivity index (χ3v) is 7.21. The Morgan fingerprint density at radius 2 is 1.57 bits per heavy atom. The molecule has 2 heterocycles. The first kappa shape index (κ1) is 25.1. The van der Waals surface area contributed by atoms with Gasteiger partial charge in [0.25, 0.3) is 0 Å². The van der Waals surface area contributed by atoms with Gasteiger partial charge in [-0.15, -0.1) is 0 Å². The second-order valence-electron chi connectivity index (χ2n) is 10.3. The summed E-state index contributed by atoms with van der Waals surface area (Å²) in [6.07, 6.45) is 6.94. The molecule has 188 valence electrons. The number of imide groups is 1. The Morgan fingerprint density at radius 1 is 0.971 bits per heavy atom. The maximum Gasteiger partial charge on any atom is 0.243 e. The number of carbonyl (C=O) groups excluding carboxylic acids is 4. The van der Waals surface area contributed by atoms with Crippen LogP contribution in [0.5, 0.6) is 0 Å². The summed E-state index contributed by atoms with van der Waals surface area (Å²) in [5.74, 6) is -1.21. The van der Waals surface area contributed by atoms with Crippen LogP contribution >= 0.6 is 0 Å². The summed E-state index contributed by atoms with van der Waals surface area (Å²) < 4.78 is 0. The summed E-state index contributed by atoms with van der Waals surface area (Å²) in [5, 5.41) is 6.01. The Balaban J connectivity index is 1.31. The zero-order valence-corrected chi connectivity index (χ0v) is 20.6. The number of rotatable bonds is 8. The molecule has 0 bridgehead atoms. The predicted octanol–water partition coefficient (Wildman–Crippen LogP) is 2.57. The van der Waals surface area contributed by atoms with Crippen LogP contribution in [0.3, 0.4) is 0 Å². The fraction of sp³-hybridized carbons (Fsp3) is 0.556. The van der Waals surface area contributed by atoms with Crippen LogP contribution < -0.4 is 10.6 Å². The normalized spacial score (nSPS) is 23.9. The molecule has 2 aliphatic heterocycles. The van der Waals surface area contributed by atoms with Crippen LogP contribution in [0.25, 0.3) is 0 Å². The van der Waals surface area contributed by atoms with E-state index in [-0.39, 0.29) is 47.4 Å². The van der Waals surface area contributed by atoms with Gasteiger partial charge in [-0.05, 0) is 50.2 Å². The summed E-state index contributed by atoms with van der Waals surface area (Å²) in [7, 11) is 0. The van der Waals surface area contributed by atoms with Gasteiger partial charge in [0.05, 0.1) is 18.4 Å². The van der Waals surface area contributed by atoms with Crippen molar-refractivity contribution in [3.8, 4) is 0 Å². The number of likely N-dealkylation sites (tertiary alicyclic amines) is 2. The van der Waals surface area contributed by atoms with Gasteiger partial charge in [0.15, 0.2) is 0 Å². The van der Waals surface area contributed by atoms with E-state index in [0.717, 1.165) is 18.5 Å². The lowest BCUT2D eigenvalue weighted by atomic mass is 9.85. The van der Waals surface area contributed by atoms with Gasteiger partial charge in [0.1, 0.15) is 6.04 Å². The molecule has 3 aliphatic rings. The number of nitrogens with one attached hydrogen (secondary N) is 2. The molecule has 2 saturated heterocycles. The number of anilines is 1. The Morgan fingerprint density at radius 3 is 2.14 bits per heavy atom. The van der Waals surface area contributed by atoms with E-state index in [1.165, 1.54) is 4.90 Å². The largest absolute Gasteiger partial charge is 0.351 e. The molecular formula is C27H36N4O4. The Labute approximate surface area is 207 Å². The number of amides is 4. The average Bonchev–Trinajstić information content (AvgIpc) is 3.09. The highest BCUT2D eigenvalue weighted by Gasteiger charge is 2.51. The van der Waals surface area contributed by atoms with Gasteiger partial charge in [-0.2, -0.15) is 0 Å². The minimum Gasteiger partial charge on any atom is -0.351 e. The van der Waals surface area contributed by atoms with Crippen LogP contribution in [0.15, 0.2) is 42.5 Å². The first-order chi connectivity index (χ1) is 16.8. The highest BCUT2D eigenvalue weighted by molar-refractivity contribution is 6.08. The van der Waals surface area contributed by atoms with Crippen molar-refractivity contribution in [1.82, 2.24) is 15.1 Å². The van der Waals surface area contributed by atoms with Crippen molar-refractivity contribution in [2.24, 2.45) is 17.8 Å². The maximum atomic E-state index is 13.3. The van der Waals surface area contributed by atoms with E-state index in [9.17, 15) is 19.2 Å². The third kappa shape index (κ3) is 5.99. The van der Waals surface area contributed by atoms with Crippen molar-refractivity contribution in [3.63, 3.8) is 0 Å². The Bertz CT molecular complexity index is 943. The molecule has 0 spiro atoms. The SMILES string of the molecule is CC(C)C[C@H](C(=O)NC1CCN(CC(=O)Nc2ccccc2)CC1)N1C(=O)[C@H]2CC=CC[C@@H]2C1=O. The molecule has 1 aliphatic carbocycles. The molecule has 8 nitrogen and oxygen atoms in total. The topological polar surface area (TPSA) is 98.8 Å². The quantitative estimate of drug-likeness (QED) is 0.440. The number of para-hydroxylation sites is 1. The second-order valence-corrected chi connectivity index (χ2v) is 10.3. The van der Waals surface area contributed by atoms with Gasteiger partial charge in [0.2, 0.25) is 23.6 Å². The van der Waals surface area contributed by atoms with Crippen LogP contribution in [0.1, 0.15) is 46.0 Å². The Hall–Kier alpha value is -3.00. The van der Waals surface area contributed by atoms with Crippen molar-refractivity contribution in [2.75, 3.05) is 25.0 Å². The minimum atomic E-state index is -0.768. The lowest BCUT2D eigenvalue weighted by molar-refractivity contribution is -0.148. The number of carbonyl (C=O) groups is 4. The molecule has 3 atom stereocenters. The van der Waals surface area contributed by atoms with Crippen molar-refractivity contribution in [3.05, 3.63) is 42.5 Å². The van der Waals surface area contributed by atoms with Gasteiger partial charge in [-0.1, -0.05) is 44.2 Å². The van der Waals surface area contributed by atoms with Gasteiger partial charge in [0, 0.05) is 24.8 Å². The summed E-state index contributed by atoms with van der Waals surface area (Å²) in [5.41, 5.74) is 0.775.